The first-order valence-electron chi connectivity index (χ1n) is 11.0. The summed E-state index contributed by atoms with van der Waals surface area (Å²) in [6.45, 7) is 0.259. The number of non-ortho nitro benzene ring substituents is 1. The van der Waals surface area contributed by atoms with Crippen LogP contribution in [-0.4, -0.2) is 31.9 Å². The van der Waals surface area contributed by atoms with Crippen LogP contribution in [0, 0.1) is 15.5 Å². The van der Waals surface area contributed by atoms with Crippen molar-refractivity contribution in [1.82, 2.24) is 5.01 Å². The number of amidine groups is 2. The van der Waals surface area contributed by atoms with Gasteiger partial charge in [0.1, 0.15) is 17.4 Å². The molecule has 10 heteroatoms. The second kappa shape index (κ2) is 9.96. The van der Waals surface area contributed by atoms with Gasteiger partial charge in [0.05, 0.1) is 10.5 Å². The molecule has 3 aromatic carbocycles. The van der Waals surface area contributed by atoms with E-state index >= 15 is 0 Å². The summed E-state index contributed by atoms with van der Waals surface area (Å²) >= 11 is 1.30. The number of hydrogen-bond donors (Lipinski definition) is 1. The highest BCUT2D eigenvalue weighted by Gasteiger charge is 2.35. The predicted octanol–water partition coefficient (Wildman–Crippen LogP) is 5.04. The van der Waals surface area contributed by atoms with Gasteiger partial charge in [-0.3, -0.25) is 20.3 Å². The molecule has 9 nitrogen and oxygen atoms in total. The van der Waals surface area contributed by atoms with Gasteiger partial charge in [-0.2, -0.15) is 15.1 Å². The number of ether oxygens (including phenoxy) is 1. The number of fused-ring (bicyclic) bond motifs is 1. The van der Waals surface area contributed by atoms with Crippen molar-refractivity contribution in [2.45, 2.75) is 13.0 Å². The van der Waals surface area contributed by atoms with E-state index in [-0.39, 0.29) is 23.7 Å². The Morgan fingerprint density at radius 2 is 1.72 bits per heavy atom. The number of nitrogens with one attached hydrogen (secondary N) is 1. The minimum Gasteiger partial charge on any atom is -0.489 e. The van der Waals surface area contributed by atoms with Crippen molar-refractivity contribution in [3.63, 3.8) is 0 Å². The Kier molecular flexibility index (Phi) is 6.42. The topological polar surface area (TPSA) is 121 Å². The Morgan fingerprint density at radius 3 is 2.42 bits per heavy atom. The quantitative estimate of drug-likeness (QED) is 0.277. The summed E-state index contributed by atoms with van der Waals surface area (Å²) in [6, 6.07) is 23.1. The van der Waals surface area contributed by atoms with E-state index in [2.05, 4.69) is 10.1 Å². The van der Waals surface area contributed by atoms with Crippen LogP contribution in [0.1, 0.15) is 16.7 Å². The molecule has 1 N–H and O–H groups in total. The number of rotatable bonds is 7. The third-order valence-corrected chi connectivity index (χ3v) is 6.35. The normalized spacial score (nSPS) is 16.0. The number of thioether (sulfide) groups is 1. The molecule has 0 fully saturated rings. The van der Waals surface area contributed by atoms with Gasteiger partial charge in [-0.15, -0.1) is 0 Å². The van der Waals surface area contributed by atoms with Crippen LogP contribution in [-0.2, 0) is 17.8 Å². The van der Waals surface area contributed by atoms with Crippen LogP contribution in [0.5, 0.6) is 5.75 Å². The first-order chi connectivity index (χ1) is 17.5. The fourth-order valence-electron chi connectivity index (χ4n) is 3.58. The maximum absolute atomic E-state index is 12.7. The summed E-state index contributed by atoms with van der Waals surface area (Å²) < 4.78 is 5.75. The van der Waals surface area contributed by atoms with Crippen molar-refractivity contribution in [3.8, 4) is 5.75 Å². The Balaban J connectivity index is 1.25. The SMILES string of the molecule is N=C1/C(=C/c2ccc(OCc3ccc([N+](=O)[O-])cc3)cc2)C(=O)N=C2SC(Cc3ccccc3)=NN12. The molecule has 0 saturated carbocycles. The van der Waals surface area contributed by atoms with E-state index in [0.717, 1.165) is 16.2 Å². The number of carbonyl (C=O) groups is 1. The minimum absolute atomic E-state index is 0.0148. The fourth-order valence-corrected chi connectivity index (χ4v) is 4.50. The Hall–Kier alpha value is -4.57. The number of amides is 1. The highest BCUT2D eigenvalue weighted by atomic mass is 32.2. The van der Waals surface area contributed by atoms with E-state index in [1.807, 2.05) is 30.3 Å². The van der Waals surface area contributed by atoms with Crippen LogP contribution in [0.2, 0.25) is 0 Å². The Morgan fingerprint density at radius 1 is 1.00 bits per heavy atom. The zero-order valence-electron chi connectivity index (χ0n) is 18.8. The van der Waals surface area contributed by atoms with Crippen LogP contribution in [0.4, 0.5) is 5.69 Å². The molecule has 0 aliphatic carbocycles. The molecule has 0 unspecified atom stereocenters. The van der Waals surface area contributed by atoms with E-state index < -0.39 is 10.8 Å². The number of carbonyl (C=O) groups excluding carboxylic acids is 1. The van der Waals surface area contributed by atoms with Crippen LogP contribution >= 0.6 is 11.8 Å². The van der Waals surface area contributed by atoms with Gasteiger partial charge in [0, 0.05) is 18.6 Å². The predicted molar refractivity (Wildman–Crippen MR) is 139 cm³/mol. The van der Waals surface area contributed by atoms with Crippen molar-refractivity contribution in [2.75, 3.05) is 0 Å². The van der Waals surface area contributed by atoms with Crippen molar-refractivity contribution in [1.29, 1.82) is 5.41 Å². The lowest BCUT2D eigenvalue weighted by Crippen LogP contribution is -2.35. The van der Waals surface area contributed by atoms with Gasteiger partial charge in [0.2, 0.25) is 5.17 Å². The number of hydrogen-bond acceptors (Lipinski definition) is 7. The maximum atomic E-state index is 12.7. The molecule has 0 saturated heterocycles. The standard InChI is InChI=1S/C26H19N5O4S/c27-24-22(25(32)28-26-30(24)29-23(36-26)15-17-4-2-1-3-5-17)14-18-8-12-21(13-9-18)35-16-19-6-10-20(11-7-19)31(33)34/h1-14,27H,15-16H2/b22-14-,27-24?. The smallest absolute Gasteiger partial charge is 0.283 e. The molecule has 0 spiro atoms. The second-order valence-electron chi connectivity index (χ2n) is 7.96. The largest absolute Gasteiger partial charge is 0.489 e. The average molecular weight is 498 g/mol. The molecular weight excluding hydrogens is 478 g/mol. The third kappa shape index (κ3) is 5.08. The van der Waals surface area contributed by atoms with Crippen LogP contribution < -0.4 is 4.74 Å². The van der Waals surface area contributed by atoms with E-state index in [1.54, 1.807) is 42.5 Å². The summed E-state index contributed by atoms with van der Waals surface area (Å²) in [6.07, 6.45) is 2.21. The van der Waals surface area contributed by atoms with E-state index in [9.17, 15) is 14.9 Å². The molecule has 36 heavy (non-hydrogen) atoms. The van der Waals surface area contributed by atoms with E-state index in [1.165, 1.54) is 28.9 Å². The molecule has 3 aromatic rings. The van der Waals surface area contributed by atoms with Gasteiger partial charge in [-0.25, -0.2) is 0 Å². The van der Waals surface area contributed by atoms with Crippen molar-refractivity contribution in [2.24, 2.45) is 10.1 Å². The lowest BCUT2D eigenvalue weighted by molar-refractivity contribution is -0.384. The number of aliphatic imine (C=N–C) groups is 1. The van der Waals surface area contributed by atoms with Crippen molar-refractivity contribution in [3.05, 3.63) is 111 Å². The van der Waals surface area contributed by atoms with Gasteiger partial charge in [-0.05, 0) is 58.8 Å². The molecule has 2 heterocycles. The third-order valence-electron chi connectivity index (χ3n) is 5.44. The molecule has 0 aromatic heterocycles. The summed E-state index contributed by atoms with van der Waals surface area (Å²) in [4.78, 5) is 27.1. The highest BCUT2D eigenvalue weighted by Crippen LogP contribution is 2.30. The van der Waals surface area contributed by atoms with E-state index in [0.29, 0.717) is 22.9 Å². The van der Waals surface area contributed by atoms with Gasteiger partial charge >= 0.3 is 0 Å². The second-order valence-corrected chi connectivity index (χ2v) is 9.00. The number of hydrazone groups is 1. The zero-order chi connectivity index (χ0) is 25.1. The molecule has 2 aliphatic rings. The van der Waals surface area contributed by atoms with Gasteiger partial charge in [0.15, 0.2) is 5.84 Å². The summed E-state index contributed by atoms with van der Waals surface area (Å²) in [5, 5.41) is 26.4. The number of benzene rings is 3. The minimum atomic E-state index is -0.478. The van der Waals surface area contributed by atoms with Gasteiger partial charge in [0.25, 0.3) is 11.6 Å². The zero-order valence-corrected chi connectivity index (χ0v) is 19.6. The van der Waals surface area contributed by atoms with Gasteiger partial charge in [-0.1, -0.05) is 42.5 Å². The molecule has 5 rings (SSSR count). The lowest BCUT2D eigenvalue weighted by Gasteiger charge is -2.20. The molecule has 1 amide bonds. The molecule has 0 radical (unpaired) electrons. The molecule has 0 bridgehead atoms. The molecular formula is C26H19N5O4S. The Bertz CT molecular complexity index is 1430. The fraction of sp³-hybridized carbons (Fsp3) is 0.0769. The van der Waals surface area contributed by atoms with Crippen molar-refractivity contribution < 1.29 is 14.5 Å². The average Bonchev–Trinajstić information content (AvgIpc) is 3.29. The number of nitro groups is 1. The summed E-state index contributed by atoms with van der Waals surface area (Å²) in [5.74, 6) is 0.111. The Labute approximate surface area is 210 Å². The molecule has 2 aliphatic heterocycles. The first kappa shape index (κ1) is 23.2. The van der Waals surface area contributed by atoms with E-state index in [4.69, 9.17) is 10.1 Å². The summed E-state index contributed by atoms with van der Waals surface area (Å²) in [7, 11) is 0. The van der Waals surface area contributed by atoms with Crippen LogP contribution in [0.25, 0.3) is 6.08 Å². The number of nitro benzene ring substituents is 1. The van der Waals surface area contributed by atoms with Crippen LogP contribution in [0.15, 0.2) is 94.5 Å². The lowest BCUT2D eigenvalue weighted by atomic mass is 10.1. The monoisotopic (exact) mass is 497 g/mol. The number of nitrogens with zero attached hydrogens (tertiary/aromatic N) is 4. The van der Waals surface area contributed by atoms with Crippen LogP contribution in [0.3, 0.4) is 0 Å². The summed E-state index contributed by atoms with van der Waals surface area (Å²) in [5.41, 5.74) is 2.79. The molecule has 178 valence electrons. The first-order valence-corrected chi connectivity index (χ1v) is 11.8. The van der Waals surface area contributed by atoms with Gasteiger partial charge < -0.3 is 4.74 Å². The highest BCUT2D eigenvalue weighted by molar-refractivity contribution is 8.26. The van der Waals surface area contributed by atoms with Crippen molar-refractivity contribution >= 4 is 45.5 Å². The molecule has 0 atom stereocenters. The maximum Gasteiger partial charge on any atom is 0.283 e.